The molecule has 4 heterocycles. The number of carbonyl (C=O) groups is 2. The maximum atomic E-state index is 14.7. The fourth-order valence-electron chi connectivity index (χ4n) is 7.35. The summed E-state index contributed by atoms with van der Waals surface area (Å²) in [5.41, 5.74) is 1.30. The summed E-state index contributed by atoms with van der Waals surface area (Å²) < 4.78 is 0.903. The van der Waals surface area contributed by atoms with Crippen molar-refractivity contribution in [2.45, 2.75) is 23.4 Å². The van der Waals surface area contributed by atoms with Gasteiger partial charge < -0.3 is 19.8 Å². The van der Waals surface area contributed by atoms with Gasteiger partial charge in [0.25, 0.3) is 11.8 Å². The molecule has 2 saturated heterocycles. The maximum absolute atomic E-state index is 14.7. The van der Waals surface area contributed by atoms with Crippen molar-refractivity contribution in [3.8, 4) is 0 Å². The third-order valence-electron chi connectivity index (χ3n) is 9.23. The van der Waals surface area contributed by atoms with Gasteiger partial charge in [-0.15, -0.1) is 0 Å². The average molecular weight is 587 g/mol. The third-order valence-corrected chi connectivity index (χ3v) is 9.72. The number of aromatic nitrogens is 2. The number of benzene rings is 2. The Morgan fingerprint density at radius 3 is 2.26 bits per heavy atom. The Bertz CT molecular complexity index is 1790. The van der Waals surface area contributed by atoms with Gasteiger partial charge in [0.05, 0.1) is 11.6 Å². The number of H-pyrrole nitrogens is 2. The van der Waals surface area contributed by atoms with Crippen LogP contribution in [-0.2, 0) is 21.5 Å². The van der Waals surface area contributed by atoms with Crippen LogP contribution in [0.5, 0.6) is 0 Å². The number of nitrogens with zero attached hydrogens (tertiary/aromatic N) is 4. The number of amides is 2. The number of guanidine groups is 2. The quantitative estimate of drug-likeness (QED) is 0.273. The molecule has 2 amide bonds. The highest BCUT2D eigenvalue weighted by Crippen LogP contribution is 2.61. The molecule has 0 radical (unpaired) electrons. The van der Waals surface area contributed by atoms with Crippen LogP contribution >= 0.6 is 15.9 Å². The summed E-state index contributed by atoms with van der Waals surface area (Å²) in [5, 5.41) is 19.6. The van der Waals surface area contributed by atoms with E-state index in [-0.39, 0.29) is 23.7 Å². The highest BCUT2D eigenvalue weighted by Gasteiger charge is 2.73. The van der Waals surface area contributed by atoms with Crippen LogP contribution in [0.1, 0.15) is 22.7 Å². The van der Waals surface area contributed by atoms with Crippen molar-refractivity contribution >= 4 is 61.5 Å². The first-order chi connectivity index (χ1) is 18.6. The van der Waals surface area contributed by atoms with Crippen molar-refractivity contribution < 1.29 is 9.59 Å². The molecule has 3 atom stereocenters. The van der Waals surface area contributed by atoms with Crippen molar-refractivity contribution in [1.82, 2.24) is 29.6 Å². The van der Waals surface area contributed by atoms with E-state index in [1.807, 2.05) is 48.7 Å². The molecule has 4 aromatic rings. The summed E-state index contributed by atoms with van der Waals surface area (Å²) in [6.07, 6.45) is 2.17. The van der Waals surface area contributed by atoms with Gasteiger partial charge in [0, 0.05) is 67.1 Å². The van der Waals surface area contributed by atoms with E-state index in [4.69, 9.17) is 10.8 Å². The molecule has 2 aliphatic heterocycles. The van der Waals surface area contributed by atoms with E-state index >= 15 is 0 Å². The monoisotopic (exact) mass is 586 g/mol. The molecule has 2 aromatic carbocycles. The standard InChI is InChI=1S/C28H27BrN8O2/c1-34-23(38)27(36(3)25(34)30)12-17-15-7-5-6-8-19(15)33-22(17)28(24(39)35(2)26(31)37(28)4)21(27)18-13-32-20-11-14(29)9-10-16(18)20/h5-11,13,21,30-33H,12H2,1-4H3/t21-,27-,28+/m0/s1. The highest BCUT2D eigenvalue weighted by molar-refractivity contribution is 9.10. The van der Waals surface area contributed by atoms with Gasteiger partial charge in [-0.1, -0.05) is 40.2 Å². The molecule has 10 nitrogen and oxygen atoms in total. The number of para-hydroxylation sites is 1. The molecule has 0 saturated carbocycles. The summed E-state index contributed by atoms with van der Waals surface area (Å²) in [7, 11) is 6.75. The van der Waals surface area contributed by atoms with Crippen LogP contribution in [0.2, 0.25) is 0 Å². The van der Waals surface area contributed by atoms with Crippen molar-refractivity contribution in [3.05, 3.63) is 70.0 Å². The number of aromatic amines is 2. The lowest BCUT2D eigenvalue weighted by atomic mass is 9.58. The third kappa shape index (κ3) is 2.56. The summed E-state index contributed by atoms with van der Waals surface area (Å²) in [6.45, 7) is 0. The summed E-state index contributed by atoms with van der Waals surface area (Å²) in [4.78, 5) is 42.3. The van der Waals surface area contributed by atoms with E-state index in [1.54, 1.807) is 38.0 Å². The van der Waals surface area contributed by atoms with Crippen LogP contribution in [-0.4, -0.2) is 87.0 Å². The second kappa shape index (κ2) is 7.50. The lowest BCUT2D eigenvalue weighted by Crippen LogP contribution is -2.67. The van der Waals surface area contributed by atoms with Crippen LogP contribution in [0.15, 0.2) is 53.1 Å². The maximum Gasteiger partial charge on any atom is 0.261 e. The van der Waals surface area contributed by atoms with Crippen molar-refractivity contribution in [1.29, 1.82) is 10.8 Å². The number of halogens is 1. The Balaban J connectivity index is 1.68. The van der Waals surface area contributed by atoms with Gasteiger partial charge in [-0.05, 0) is 29.3 Å². The van der Waals surface area contributed by atoms with Gasteiger partial charge in [-0.3, -0.25) is 30.2 Å². The predicted octanol–water partition coefficient (Wildman–Crippen LogP) is 3.36. The molecule has 198 valence electrons. The Kier molecular flexibility index (Phi) is 4.61. The fourth-order valence-corrected chi connectivity index (χ4v) is 7.71. The molecule has 39 heavy (non-hydrogen) atoms. The molecule has 2 spiro atoms. The van der Waals surface area contributed by atoms with Crippen molar-refractivity contribution in [2.24, 2.45) is 0 Å². The van der Waals surface area contributed by atoms with E-state index in [0.29, 0.717) is 12.1 Å². The topological polar surface area (TPSA) is 126 Å². The van der Waals surface area contributed by atoms with Crippen LogP contribution in [0.3, 0.4) is 0 Å². The van der Waals surface area contributed by atoms with Gasteiger partial charge in [-0.2, -0.15) is 0 Å². The van der Waals surface area contributed by atoms with Crippen LogP contribution in [0.25, 0.3) is 21.8 Å². The number of likely N-dealkylation sites (N-methyl/N-ethyl adjacent to an activating group) is 4. The minimum atomic E-state index is -1.45. The largest absolute Gasteiger partial charge is 0.361 e. The van der Waals surface area contributed by atoms with Gasteiger partial charge >= 0.3 is 0 Å². The fraction of sp³-hybridized carbons (Fsp3) is 0.286. The minimum Gasteiger partial charge on any atom is -0.361 e. The number of rotatable bonds is 1. The number of fused-ring (bicyclic) bond motifs is 5. The van der Waals surface area contributed by atoms with Crippen LogP contribution in [0.4, 0.5) is 0 Å². The van der Waals surface area contributed by atoms with E-state index < -0.39 is 17.0 Å². The smallest absolute Gasteiger partial charge is 0.261 e. The zero-order valence-electron chi connectivity index (χ0n) is 21.9. The molecule has 1 aliphatic carbocycles. The lowest BCUT2D eigenvalue weighted by molar-refractivity contribution is -0.142. The SMILES string of the molecule is CN1C(=N)N(C)[C@@]2(C1=O)c1[nH]c3ccccc3c1C[C@@]1(C(=O)N(C)C(=N)N1C)[C@@H]2c1c[nH]c2cc(Br)ccc12. The van der Waals surface area contributed by atoms with E-state index in [2.05, 4.69) is 25.9 Å². The molecular weight excluding hydrogens is 560 g/mol. The van der Waals surface area contributed by atoms with Gasteiger partial charge in [-0.25, -0.2) is 0 Å². The Morgan fingerprint density at radius 2 is 1.59 bits per heavy atom. The van der Waals surface area contributed by atoms with Gasteiger partial charge in [0.2, 0.25) is 11.9 Å². The predicted molar refractivity (Wildman–Crippen MR) is 152 cm³/mol. The number of hydrogen-bond donors (Lipinski definition) is 4. The second-order valence-corrected chi connectivity index (χ2v) is 11.7. The van der Waals surface area contributed by atoms with Crippen LogP contribution < -0.4 is 0 Å². The zero-order valence-corrected chi connectivity index (χ0v) is 23.5. The summed E-state index contributed by atoms with van der Waals surface area (Å²) in [6, 6.07) is 13.7. The minimum absolute atomic E-state index is 0.0470. The van der Waals surface area contributed by atoms with Gasteiger partial charge in [0.15, 0.2) is 5.54 Å². The lowest BCUT2D eigenvalue weighted by Gasteiger charge is -2.53. The van der Waals surface area contributed by atoms with Gasteiger partial charge in [0.1, 0.15) is 5.54 Å². The first-order valence-corrected chi connectivity index (χ1v) is 13.4. The molecule has 3 aliphatic rings. The number of nitrogens with one attached hydrogen (secondary N) is 4. The Hall–Kier alpha value is -4.12. The normalized spacial score (nSPS) is 26.9. The molecular formula is C28H27BrN8O2. The molecule has 2 aromatic heterocycles. The van der Waals surface area contributed by atoms with Crippen molar-refractivity contribution in [3.63, 3.8) is 0 Å². The summed E-state index contributed by atoms with van der Waals surface area (Å²) in [5.74, 6) is -1.19. The Labute approximate surface area is 232 Å². The summed E-state index contributed by atoms with van der Waals surface area (Å²) >= 11 is 3.55. The molecule has 0 bridgehead atoms. The molecule has 4 N–H and O–H groups in total. The molecule has 11 heteroatoms. The second-order valence-electron chi connectivity index (χ2n) is 10.8. The first-order valence-electron chi connectivity index (χ1n) is 12.6. The molecule has 2 fully saturated rings. The van der Waals surface area contributed by atoms with E-state index in [1.165, 1.54) is 9.80 Å². The van der Waals surface area contributed by atoms with E-state index in [0.717, 1.165) is 37.4 Å². The average Bonchev–Trinajstić information content (AvgIpc) is 3.60. The first kappa shape index (κ1) is 24.0. The molecule has 7 rings (SSSR count). The Morgan fingerprint density at radius 1 is 0.897 bits per heavy atom. The highest BCUT2D eigenvalue weighted by atomic mass is 79.9. The molecule has 0 unspecified atom stereocenters. The number of hydrogen-bond acceptors (Lipinski definition) is 4. The zero-order chi connectivity index (χ0) is 27.6. The number of carbonyl (C=O) groups excluding carboxylic acids is 2. The van der Waals surface area contributed by atoms with Crippen LogP contribution in [0, 0.1) is 10.8 Å². The van der Waals surface area contributed by atoms with E-state index in [9.17, 15) is 9.59 Å². The van der Waals surface area contributed by atoms with Crippen molar-refractivity contribution in [2.75, 3.05) is 28.2 Å².